The largest absolute Gasteiger partial charge is 0.393 e. The van der Waals surface area contributed by atoms with Gasteiger partial charge < -0.3 is 15.5 Å². The molecule has 1 heterocycles. The van der Waals surface area contributed by atoms with Gasteiger partial charge in [-0.3, -0.25) is 10.1 Å². The highest BCUT2D eigenvalue weighted by molar-refractivity contribution is 6.31. The number of aromatic nitrogens is 2. The van der Waals surface area contributed by atoms with Crippen LogP contribution in [0, 0.1) is 10.1 Å². The van der Waals surface area contributed by atoms with Gasteiger partial charge in [0.2, 0.25) is 11.0 Å². The number of aliphatic hydroxyl groups is 2. The standard InChI is InChI=1S/C8H11ClN4O4/c1-8(15,3-14)2-10-7-5(13(16)17)6(9)11-4-12-7/h4,14-15H,2-3H2,1H3,(H,10,11,12). The average molecular weight is 263 g/mol. The van der Waals surface area contributed by atoms with Crippen LogP contribution in [0.2, 0.25) is 5.15 Å². The summed E-state index contributed by atoms with van der Waals surface area (Å²) in [6.07, 6.45) is 1.06. The molecular formula is C8H11ClN4O4. The van der Waals surface area contributed by atoms with Gasteiger partial charge >= 0.3 is 5.69 Å². The molecule has 0 saturated carbocycles. The van der Waals surface area contributed by atoms with Crippen molar-refractivity contribution in [3.63, 3.8) is 0 Å². The maximum atomic E-state index is 10.7. The van der Waals surface area contributed by atoms with Gasteiger partial charge in [-0.15, -0.1) is 0 Å². The molecule has 0 spiro atoms. The fourth-order valence-corrected chi connectivity index (χ4v) is 1.18. The van der Waals surface area contributed by atoms with E-state index in [1.54, 1.807) is 0 Å². The van der Waals surface area contributed by atoms with Gasteiger partial charge in [-0.2, -0.15) is 0 Å². The van der Waals surface area contributed by atoms with Crippen molar-refractivity contribution in [3.05, 3.63) is 21.6 Å². The molecule has 1 rings (SSSR count). The van der Waals surface area contributed by atoms with E-state index in [9.17, 15) is 15.2 Å². The maximum absolute atomic E-state index is 10.7. The van der Waals surface area contributed by atoms with E-state index in [0.717, 1.165) is 6.33 Å². The van der Waals surface area contributed by atoms with Crippen molar-refractivity contribution in [1.82, 2.24) is 9.97 Å². The number of anilines is 1. The summed E-state index contributed by atoms with van der Waals surface area (Å²) < 4.78 is 0. The molecule has 0 amide bonds. The SMILES string of the molecule is CC(O)(CO)CNc1ncnc(Cl)c1[N+](=O)[O-]. The molecule has 0 bridgehead atoms. The quantitative estimate of drug-likeness (QED) is 0.393. The minimum absolute atomic E-state index is 0.108. The number of nitro groups is 1. The number of halogens is 1. The first kappa shape index (κ1) is 13.6. The van der Waals surface area contributed by atoms with Gasteiger partial charge in [0.25, 0.3) is 0 Å². The van der Waals surface area contributed by atoms with E-state index in [2.05, 4.69) is 15.3 Å². The van der Waals surface area contributed by atoms with Crippen molar-refractivity contribution in [2.45, 2.75) is 12.5 Å². The predicted molar refractivity (Wildman–Crippen MR) is 59.9 cm³/mol. The third kappa shape index (κ3) is 3.48. The highest BCUT2D eigenvalue weighted by Crippen LogP contribution is 2.28. The molecule has 8 nitrogen and oxygen atoms in total. The molecular weight excluding hydrogens is 252 g/mol. The zero-order chi connectivity index (χ0) is 13.1. The second kappa shape index (κ2) is 5.21. The summed E-state index contributed by atoms with van der Waals surface area (Å²) in [5.74, 6) is -0.108. The monoisotopic (exact) mass is 262 g/mol. The summed E-state index contributed by atoms with van der Waals surface area (Å²) in [7, 11) is 0. The number of aliphatic hydroxyl groups excluding tert-OH is 1. The normalized spacial score (nSPS) is 14.1. The van der Waals surface area contributed by atoms with Crippen molar-refractivity contribution < 1.29 is 15.1 Å². The van der Waals surface area contributed by atoms with Crippen LogP contribution in [-0.4, -0.2) is 43.9 Å². The van der Waals surface area contributed by atoms with E-state index in [1.165, 1.54) is 6.92 Å². The Labute approximate surface area is 101 Å². The zero-order valence-electron chi connectivity index (χ0n) is 8.92. The number of hydrogen-bond acceptors (Lipinski definition) is 7. The smallest absolute Gasteiger partial charge is 0.348 e. The molecule has 0 aromatic carbocycles. The Hall–Kier alpha value is -1.51. The fraction of sp³-hybridized carbons (Fsp3) is 0.500. The third-order valence-electron chi connectivity index (χ3n) is 1.94. The number of nitrogens with one attached hydrogen (secondary N) is 1. The highest BCUT2D eigenvalue weighted by atomic mass is 35.5. The third-order valence-corrected chi connectivity index (χ3v) is 2.21. The molecule has 17 heavy (non-hydrogen) atoms. The van der Waals surface area contributed by atoms with E-state index in [-0.39, 0.29) is 17.5 Å². The molecule has 0 radical (unpaired) electrons. The van der Waals surface area contributed by atoms with Gasteiger partial charge in [0.1, 0.15) is 11.9 Å². The van der Waals surface area contributed by atoms with Crippen molar-refractivity contribution in [2.75, 3.05) is 18.5 Å². The molecule has 0 fully saturated rings. The molecule has 1 aromatic rings. The molecule has 0 aliphatic rings. The summed E-state index contributed by atoms with van der Waals surface area (Å²) in [5, 5.41) is 31.3. The summed E-state index contributed by atoms with van der Waals surface area (Å²) in [6, 6.07) is 0. The average Bonchev–Trinajstić information content (AvgIpc) is 2.26. The van der Waals surface area contributed by atoms with Crippen LogP contribution in [-0.2, 0) is 0 Å². The second-order valence-corrected chi connectivity index (χ2v) is 3.99. The van der Waals surface area contributed by atoms with Crippen LogP contribution >= 0.6 is 11.6 Å². The van der Waals surface area contributed by atoms with Gasteiger partial charge in [0, 0.05) is 6.54 Å². The van der Waals surface area contributed by atoms with Gasteiger partial charge in [-0.05, 0) is 6.92 Å². The minimum atomic E-state index is -1.41. The molecule has 1 aromatic heterocycles. The summed E-state index contributed by atoms with van der Waals surface area (Å²) in [5.41, 5.74) is -1.88. The van der Waals surface area contributed by atoms with Gasteiger partial charge in [0.05, 0.1) is 11.5 Å². The van der Waals surface area contributed by atoms with Crippen LogP contribution < -0.4 is 5.32 Å². The Kier molecular flexibility index (Phi) is 4.16. The Morgan fingerprint density at radius 2 is 2.29 bits per heavy atom. The summed E-state index contributed by atoms with van der Waals surface area (Å²) in [4.78, 5) is 17.1. The first-order chi connectivity index (χ1) is 7.87. The van der Waals surface area contributed by atoms with Crippen LogP contribution in [0.3, 0.4) is 0 Å². The van der Waals surface area contributed by atoms with Crippen molar-refractivity contribution >= 4 is 23.1 Å². The zero-order valence-corrected chi connectivity index (χ0v) is 9.68. The Balaban J connectivity index is 2.92. The lowest BCUT2D eigenvalue weighted by atomic mass is 10.1. The second-order valence-electron chi connectivity index (χ2n) is 3.63. The maximum Gasteiger partial charge on any atom is 0.348 e. The van der Waals surface area contributed by atoms with Crippen LogP contribution in [0.5, 0.6) is 0 Å². The van der Waals surface area contributed by atoms with E-state index in [0.29, 0.717) is 0 Å². The summed E-state index contributed by atoms with van der Waals surface area (Å²) in [6.45, 7) is 0.763. The van der Waals surface area contributed by atoms with E-state index in [1.807, 2.05) is 0 Å². The lowest BCUT2D eigenvalue weighted by molar-refractivity contribution is -0.384. The number of rotatable bonds is 5. The van der Waals surface area contributed by atoms with Gasteiger partial charge in [0.15, 0.2) is 0 Å². The van der Waals surface area contributed by atoms with E-state index >= 15 is 0 Å². The van der Waals surface area contributed by atoms with E-state index < -0.39 is 22.8 Å². The van der Waals surface area contributed by atoms with Crippen LogP contribution in [0.25, 0.3) is 0 Å². The lowest BCUT2D eigenvalue weighted by Gasteiger charge is -2.20. The van der Waals surface area contributed by atoms with Gasteiger partial charge in [-0.25, -0.2) is 9.97 Å². The Morgan fingerprint density at radius 1 is 1.65 bits per heavy atom. The van der Waals surface area contributed by atoms with Crippen LogP contribution in [0.15, 0.2) is 6.33 Å². The molecule has 9 heteroatoms. The lowest BCUT2D eigenvalue weighted by Crippen LogP contribution is -2.37. The fourth-order valence-electron chi connectivity index (χ4n) is 0.978. The Morgan fingerprint density at radius 3 is 2.82 bits per heavy atom. The Bertz CT molecular complexity index is 426. The number of nitrogens with zero attached hydrogens (tertiary/aromatic N) is 3. The molecule has 1 unspecified atom stereocenters. The van der Waals surface area contributed by atoms with Gasteiger partial charge in [-0.1, -0.05) is 11.6 Å². The molecule has 1 atom stereocenters. The molecule has 0 aliphatic heterocycles. The first-order valence-corrected chi connectivity index (χ1v) is 4.97. The number of hydrogen-bond donors (Lipinski definition) is 3. The van der Waals surface area contributed by atoms with E-state index in [4.69, 9.17) is 16.7 Å². The van der Waals surface area contributed by atoms with Crippen molar-refractivity contribution in [2.24, 2.45) is 0 Å². The predicted octanol–water partition coefficient (Wildman–Crippen LogP) is 0.193. The highest BCUT2D eigenvalue weighted by Gasteiger charge is 2.24. The van der Waals surface area contributed by atoms with Crippen LogP contribution in [0.1, 0.15) is 6.92 Å². The van der Waals surface area contributed by atoms with Crippen LogP contribution in [0.4, 0.5) is 11.5 Å². The molecule has 0 saturated heterocycles. The molecule has 0 aliphatic carbocycles. The minimum Gasteiger partial charge on any atom is -0.393 e. The molecule has 94 valence electrons. The van der Waals surface area contributed by atoms with Crippen molar-refractivity contribution in [1.29, 1.82) is 0 Å². The van der Waals surface area contributed by atoms with Crippen molar-refractivity contribution in [3.8, 4) is 0 Å². The first-order valence-electron chi connectivity index (χ1n) is 4.59. The topological polar surface area (TPSA) is 121 Å². The summed E-state index contributed by atoms with van der Waals surface area (Å²) >= 11 is 5.56. The molecule has 3 N–H and O–H groups in total.